The molecule has 0 amide bonds. The number of carbonyl (C=O) groups is 3. The molecule has 1 N–H and O–H groups in total. The van der Waals surface area contributed by atoms with Crippen LogP contribution in [-0.2, 0) is 35.3 Å². The average molecular weight is 646 g/mol. The van der Waals surface area contributed by atoms with Crippen LogP contribution in [-0.4, -0.2) is 47.4 Å². The number of aliphatic hydroxyl groups excluding tert-OH is 1. The molecule has 0 saturated heterocycles. The fourth-order valence-electron chi connectivity index (χ4n) is 11.1. The molecule has 6 rings (SSSR count). The van der Waals surface area contributed by atoms with Crippen molar-refractivity contribution in [2.45, 2.75) is 98.9 Å². The molecular formula is C39H51NO7. The maximum Gasteiger partial charge on any atom is 0.303 e. The first-order valence-electron chi connectivity index (χ1n) is 17.4. The van der Waals surface area contributed by atoms with Gasteiger partial charge in [0.25, 0.3) is 0 Å². The second-order valence-corrected chi connectivity index (χ2v) is 15.7. The van der Waals surface area contributed by atoms with Gasteiger partial charge in [-0.1, -0.05) is 75.8 Å². The Balaban J connectivity index is 1.31. The first kappa shape index (κ1) is 33.6. The van der Waals surface area contributed by atoms with Crippen LogP contribution in [0.4, 0.5) is 0 Å². The third-order valence-electron chi connectivity index (χ3n) is 13.7. The van der Waals surface area contributed by atoms with Crippen molar-refractivity contribution >= 4 is 23.4 Å². The smallest absolute Gasteiger partial charge is 0.303 e. The van der Waals surface area contributed by atoms with Crippen LogP contribution in [0, 0.1) is 51.2 Å². The molecule has 1 aromatic carbocycles. The average Bonchev–Trinajstić information content (AvgIpc) is 3.64. The molecule has 4 fully saturated rings. The van der Waals surface area contributed by atoms with E-state index in [0.717, 1.165) is 43.4 Å². The van der Waals surface area contributed by atoms with E-state index in [4.69, 9.17) is 14.3 Å². The molecule has 11 atom stereocenters. The molecule has 0 bridgehead atoms. The van der Waals surface area contributed by atoms with Crippen LogP contribution in [0.3, 0.4) is 0 Å². The van der Waals surface area contributed by atoms with Gasteiger partial charge in [-0.2, -0.15) is 0 Å². The number of fused-ring (bicyclic) bond motifs is 2. The number of hydrogen-bond acceptors (Lipinski definition) is 8. The SMILES string of the molecule is C=C(C(=O)[C@H](OC(C)=O)C1[C@@H](OC(C)=O)C[C@@]2(C)[C@@H]3CC[C@H]4[C@H](C)/C(=N/OCc5ccccc5)C=C[C@@]45C[C@@]35CC[C@]12C)[C@@H](C)CO. The molecule has 1 unspecified atom stereocenters. The number of benzene rings is 1. The van der Waals surface area contributed by atoms with Crippen LogP contribution in [0.15, 0.2) is 59.8 Å². The van der Waals surface area contributed by atoms with Gasteiger partial charge in [-0.3, -0.25) is 14.4 Å². The van der Waals surface area contributed by atoms with Gasteiger partial charge in [-0.25, -0.2) is 0 Å². The Morgan fingerprint density at radius 1 is 1.06 bits per heavy atom. The Labute approximate surface area is 279 Å². The molecular weight excluding hydrogens is 594 g/mol. The molecule has 4 saturated carbocycles. The summed E-state index contributed by atoms with van der Waals surface area (Å²) in [6.45, 7) is 15.5. The number of esters is 2. The van der Waals surface area contributed by atoms with Gasteiger partial charge in [0, 0.05) is 38.2 Å². The van der Waals surface area contributed by atoms with Crippen molar-refractivity contribution < 1.29 is 33.8 Å². The first-order chi connectivity index (χ1) is 22.2. The zero-order valence-corrected chi connectivity index (χ0v) is 28.8. The van der Waals surface area contributed by atoms with E-state index < -0.39 is 47.2 Å². The normalized spacial score (nSPS) is 40.1. The number of ketones is 1. The summed E-state index contributed by atoms with van der Waals surface area (Å²) in [5.74, 6) is -1.29. The van der Waals surface area contributed by atoms with Crippen molar-refractivity contribution in [3.05, 3.63) is 60.2 Å². The number of Topliss-reactive ketones (excluding diaryl/α,β-unsaturated/α-hetero) is 1. The Hall–Kier alpha value is -3.26. The van der Waals surface area contributed by atoms with Crippen LogP contribution in [0.1, 0.15) is 85.6 Å². The van der Waals surface area contributed by atoms with Gasteiger partial charge >= 0.3 is 11.9 Å². The molecule has 8 heteroatoms. The van der Waals surface area contributed by atoms with Gasteiger partial charge in [0.1, 0.15) is 12.7 Å². The van der Waals surface area contributed by atoms with E-state index >= 15 is 0 Å². The molecule has 0 heterocycles. The zero-order chi connectivity index (χ0) is 33.9. The maximum absolute atomic E-state index is 14.0. The molecule has 47 heavy (non-hydrogen) atoms. The quantitative estimate of drug-likeness (QED) is 0.173. The lowest BCUT2D eigenvalue weighted by Gasteiger charge is -2.60. The number of rotatable bonds is 10. The number of hydrogen-bond donors (Lipinski definition) is 1. The topological polar surface area (TPSA) is 111 Å². The fourth-order valence-corrected chi connectivity index (χ4v) is 11.1. The van der Waals surface area contributed by atoms with Crippen molar-refractivity contribution in [3.8, 4) is 0 Å². The molecule has 0 aliphatic heterocycles. The number of nitrogens with zero attached hydrogens (tertiary/aromatic N) is 1. The highest BCUT2D eigenvalue weighted by Gasteiger charge is 2.82. The minimum Gasteiger partial charge on any atom is -0.462 e. The van der Waals surface area contributed by atoms with E-state index in [-0.39, 0.29) is 34.3 Å². The summed E-state index contributed by atoms with van der Waals surface area (Å²) in [4.78, 5) is 44.9. The Morgan fingerprint density at radius 2 is 1.79 bits per heavy atom. The second-order valence-electron chi connectivity index (χ2n) is 15.7. The van der Waals surface area contributed by atoms with Gasteiger partial charge in [-0.15, -0.1) is 0 Å². The zero-order valence-electron chi connectivity index (χ0n) is 28.8. The molecule has 8 nitrogen and oxygen atoms in total. The Kier molecular flexibility index (Phi) is 8.59. The Bertz CT molecular complexity index is 1500. The van der Waals surface area contributed by atoms with Gasteiger partial charge in [0.15, 0.2) is 11.9 Å². The van der Waals surface area contributed by atoms with Gasteiger partial charge in [-0.05, 0) is 89.2 Å². The molecule has 0 radical (unpaired) electrons. The highest BCUT2D eigenvalue weighted by molar-refractivity contribution is 6.00. The molecule has 2 spiro atoms. The lowest BCUT2D eigenvalue weighted by atomic mass is 9.43. The van der Waals surface area contributed by atoms with E-state index in [2.05, 4.69) is 44.7 Å². The molecule has 0 aromatic heterocycles. The van der Waals surface area contributed by atoms with Crippen molar-refractivity contribution in [2.75, 3.05) is 6.61 Å². The third-order valence-corrected chi connectivity index (χ3v) is 13.7. The standard InChI is InChI=1S/C39H51NO7/c1-23(20-41)24(2)34(44)35(47-27(5)43)33-31(46-26(4)42)19-37(7)32-14-13-29-25(3)30(40-45-21-28-11-9-8-10-12-28)15-16-38(29)22-39(32,38)18-17-36(33,37)6/h8-12,15-16,23,25,29,31-33,35,41H,2,13-14,17-22H2,1,3-7H3/b40-30+/t23-,25-,29-,31-,32-,33?,35+,36+,37-,38+,39-/m0/s1. The Morgan fingerprint density at radius 3 is 2.45 bits per heavy atom. The molecule has 5 aliphatic carbocycles. The third kappa shape index (κ3) is 5.12. The van der Waals surface area contributed by atoms with Crippen molar-refractivity contribution in [3.63, 3.8) is 0 Å². The summed E-state index contributed by atoms with van der Waals surface area (Å²) in [6.07, 6.45) is 8.54. The number of oxime groups is 1. The summed E-state index contributed by atoms with van der Waals surface area (Å²) in [5.41, 5.74) is 1.81. The summed E-state index contributed by atoms with van der Waals surface area (Å²) in [5, 5.41) is 14.4. The summed E-state index contributed by atoms with van der Waals surface area (Å²) in [7, 11) is 0. The number of aliphatic hydroxyl groups is 1. The number of carbonyl (C=O) groups excluding carboxylic acids is 3. The van der Waals surface area contributed by atoms with E-state index in [0.29, 0.717) is 24.9 Å². The van der Waals surface area contributed by atoms with Gasteiger partial charge in [0.2, 0.25) is 0 Å². The van der Waals surface area contributed by atoms with Crippen molar-refractivity contribution in [1.82, 2.24) is 0 Å². The highest BCUT2D eigenvalue weighted by atomic mass is 16.6. The fraction of sp³-hybridized carbons (Fsp3) is 0.641. The molecule has 254 valence electrons. The predicted octanol–water partition coefficient (Wildman–Crippen LogP) is 6.61. The molecule has 5 aliphatic rings. The van der Waals surface area contributed by atoms with Gasteiger partial charge < -0.3 is 19.4 Å². The maximum atomic E-state index is 14.0. The minimum atomic E-state index is -1.15. The van der Waals surface area contributed by atoms with Crippen LogP contribution in [0.2, 0.25) is 0 Å². The largest absolute Gasteiger partial charge is 0.462 e. The van der Waals surface area contributed by atoms with E-state index in [1.165, 1.54) is 13.8 Å². The minimum absolute atomic E-state index is 0.0864. The van der Waals surface area contributed by atoms with Crippen molar-refractivity contribution in [1.29, 1.82) is 0 Å². The van der Waals surface area contributed by atoms with Crippen LogP contribution >= 0.6 is 0 Å². The van der Waals surface area contributed by atoms with E-state index in [9.17, 15) is 19.5 Å². The van der Waals surface area contributed by atoms with Crippen LogP contribution in [0.5, 0.6) is 0 Å². The van der Waals surface area contributed by atoms with Gasteiger partial charge in [0.05, 0.1) is 5.71 Å². The van der Waals surface area contributed by atoms with E-state index in [1.807, 2.05) is 30.3 Å². The van der Waals surface area contributed by atoms with Crippen molar-refractivity contribution in [2.24, 2.45) is 56.4 Å². The van der Waals surface area contributed by atoms with E-state index in [1.54, 1.807) is 6.92 Å². The van der Waals surface area contributed by atoms with Crippen LogP contribution < -0.4 is 0 Å². The lowest BCUT2D eigenvalue weighted by molar-refractivity contribution is -0.172. The highest BCUT2D eigenvalue weighted by Crippen LogP contribution is 2.87. The van der Waals surface area contributed by atoms with Crippen LogP contribution in [0.25, 0.3) is 0 Å². The summed E-state index contributed by atoms with van der Waals surface area (Å²) < 4.78 is 11.9. The summed E-state index contributed by atoms with van der Waals surface area (Å²) >= 11 is 0. The number of allylic oxidation sites excluding steroid dienone is 2. The summed E-state index contributed by atoms with van der Waals surface area (Å²) in [6, 6.07) is 10.1. The predicted molar refractivity (Wildman–Crippen MR) is 178 cm³/mol. The monoisotopic (exact) mass is 645 g/mol. The number of ether oxygens (including phenoxy) is 2. The molecule has 1 aromatic rings. The second kappa shape index (κ2) is 12.0. The first-order valence-corrected chi connectivity index (χ1v) is 17.4. The lowest BCUT2D eigenvalue weighted by Crippen LogP contribution is -2.57.